The van der Waals surface area contributed by atoms with Gasteiger partial charge in [-0.15, -0.1) is 0 Å². The monoisotopic (exact) mass is 339 g/mol. The number of carbonyl (C=O) groups excluding carboxylic acids is 2. The van der Waals surface area contributed by atoms with Crippen LogP contribution in [0.3, 0.4) is 0 Å². The largest absolute Gasteiger partial charge is 0.345 e. The minimum Gasteiger partial charge on any atom is -0.345 e. The van der Waals surface area contributed by atoms with Crippen LogP contribution < -0.4 is 10.6 Å². The molecule has 1 aliphatic heterocycles. The summed E-state index contributed by atoms with van der Waals surface area (Å²) in [7, 11) is 0. The number of nitrogens with one attached hydrogen (secondary N) is 2. The topological polar surface area (TPSA) is 70.6 Å². The first-order valence-electron chi connectivity index (χ1n) is 9.05. The minimum atomic E-state index is -0.579. The quantitative estimate of drug-likeness (QED) is 0.722. The molecule has 5 nitrogen and oxygen atoms in total. The van der Waals surface area contributed by atoms with E-state index in [1.54, 1.807) is 0 Å². The van der Waals surface area contributed by atoms with E-state index < -0.39 is 11.8 Å². The first-order valence-corrected chi connectivity index (χ1v) is 10.0. The van der Waals surface area contributed by atoms with E-state index in [9.17, 15) is 9.59 Å². The Kier molecular flexibility index (Phi) is 8.50. The van der Waals surface area contributed by atoms with Gasteiger partial charge in [0.1, 0.15) is 0 Å². The summed E-state index contributed by atoms with van der Waals surface area (Å²) < 4.78 is 0. The van der Waals surface area contributed by atoms with Crippen molar-refractivity contribution in [1.29, 1.82) is 0 Å². The average molecular weight is 340 g/mol. The molecule has 2 amide bonds. The fourth-order valence-corrected chi connectivity index (χ4v) is 3.85. The van der Waals surface area contributed by atoms with Crippen molar-refractivity contribution in [1.82, 2.24) is 10.6 Å². The van der Waals surface area contributed by atoms with Gasteiger partial charge in [0, 0.05) is 11.8 Å². The molecular weight excluding hydrogens is 310 g/mol. The minimum absolute atomic E-state index is 0.130. The summed E-state index contributed by atoms with van der Waals surface area (Å²) >= 11 is 1.49. The van der Waals surface area contributed by atoms with E-state index in [4.69, 9.17) is 0 Å². The van der Waals surface area contributed by atoms with Crippen LogP contribution >= 0.6 is 11.8 Å². The van der Waals surface area contributed by atoms with Crippen LogP contribution in [0.5, 0.6) is 0 Å². The summed E-state index contributed by atoms with van der Waals surface area (Å²) in [5, 5.41) is 6.10. The van der Waals surface area contributed by atoms with Crippen molar-refractivity contribution in [2.45, 2.75) is 76.7 Å². The molecule has 0 radical (unpaired) electrons. The lowest BCUT2D eigenvalue weighted by molar-refractivity contribution is -0.138. The maximum atomic E-state index is 12.1. The van der Waals surface area contributed by atoms with Crippen molar-refractivity contribution in [3.8, 4) is 0 Å². The van der Waals surface area contributed by atoms with Gasteiger partial charge in [-0.2, -0.15) is 0 Å². The van der Waals surface area contributed by atoms with E-state index in [1.165, 1.54) is 56.7 Å². The van der Waals surface area contributed by atoms with Gasteiger partial charge in [0.2, 0.25) is 0 Å². The molecule has 1 fully saturated rings. The molecule has 2 aliphatic rings. The first kappa shape index (κ1) is 18.3. The number of hydrogen-bond acceptors (Lipinski definition) is 4. The number of carbonyl (C=O) groups is 2. The summed E-state index contributed by atoms with van der Waals surface area (Å²) in [4.78, 5) is 28.2. The molecule has 0 aromatic carbocycles. The van der Waals surface area contributed by atoms with E-state index in [-0.39, 0.29) is 6.04 Å². The zero-order valence-electron chi connectivity index (χ0n) is 13.9. The van der Waals surface area contributed by atoms with E-state index in [2.05, 4.69) is 15.6 Å². The Morgan fingerprint density at radius 2 is 1.43 bits per heavy atom. The second-order valence-corrected chi connectivity index (χ2v) is 7.50. The molecule has 1 saturated carbocycles. The van der Waals surface area contributed by atoms with Crippen LogP contribution in [0.25, 0.3) is 0 Å². The van der Waals surface area contributed by atoms with Crippen LogP contribution in [0.4, 0.5) is 0 Å². The van der Waals surface area contributed by atoms with Gasteiger partial charge in [-0.1, -0.05) is 69.5 Å². The maximum absolute atomic E-state index is 12.1. The summed E-state index contributed by atoms with van der Waals surface area (Å²) in [6.07, 6.45) is 13.3. The van der Waals surface area contributed by atoms with Crippen LogP contribution in [-0.2, 0) is 9.59 Å². The number of nitrogens with zero attached hydrogens (tertiary/aromatic N) is 1. The number of hydrogen-bond donors (Lipinski definition) is 2. The number of amidine groups is 1. The Morgan fingerprint density at radius 3 is 1.96 bits per heavy atom. The second-order valence-electron chi connectivity index (χ2n) is 6.42. The van der Waals surface area contributed by atoms with E-state index in [1.807, 2.05) is 0 Å². The van der Waals surface area contributed by atoms with Gasteiger partial charge >= 0.3 is 11.8 Å². The number of thioether (sulfide) groups is 1. The Morgan fingerprint density at radius 1 is 0.870 bits per heavy atom. The lowest BCUT2D eigenvalue weighted by Crippen LogP contribution is -2.45. The van der Waals surface area contributed by atoms with Gasteiger partial charge < -0.3 is 5.32 Å². The molecule has 6 heteroatoms. The molecular formula is C17H29N3O2S. The molecule has 2 rings (SSSR count). The summed E-state index contributed by atoms with van der Waals surface area (Å²) in [6.45, 7) is 0.713. The van der Waals surface area contributed by atoms with E-state index >= 15 is 0 Å². The molecule has 2 N–H and O–H groups in total. The molecule has 0 bridgehead atoms. The highest BCUT2D eigenvalue weighted by molar-refractivity contribution is 8.14. The number of aliphatic imine (C=N–C) groups is 1. The lowest BCUT2D eigenvalue weighted by atomic mass is 9.98. The third-order valence-corrected chi connectivity index (χ3v) is 5.34. The fraction of sp³-hybridized carbons (Fsp3) is 0.824. The van der Waals surface area contributed by atoms with Crippen LogP contribution in [-0.4, -0.2) is 35.3 Å². The molecule has 1 heterocycles. The van der Waals surface area contributed by atoms with Crippen molar-refractivity contribution in [2.24, 2.45) is 4.99 Å². The highest BCUT2D eigenvalue weighted by Crippen LogP contribution is 2.17. The Balaban J connectivity index is 1.76. The summed E-state index contributed by atoms with van der Waals surface area (Å²) in [6, 6.07) is 0.130. The van der Waals surface area contributed by atoms with Gasteiger partial charge in [0.25, 0.3) is 0 Å². The standard InChI is InChI=1S/C17H29N3O2S/c21-15(16(22)20-17-18-12-13-23-17)19-14-10-8-6-4-2-1-3-5-7-9-11-14/h14H,1-13H2,(H,19,21)(H,18,20,22). The summed E-state index contributed by atoms with van der Waals surface area (Å²) in [5.41, 5.74) is 0. The Labute approximate surface area is 143 Å². The zero-order chi connectivity index (χ0) is 16.3. The highest BCUT2D eigenvalue weighted by Gasteiger charge is 2.21. The average Bonchev–Trinajstić information content (AvgIpc) is 3.02. The molecule has 130 valence electrons. The SMILES string of the molecule is O=C(NC1=NCCS1)C(=O)NC1CCCCCCCCCCC1. The highest BCUT2D eigenvalue weighted by atomic mass is 32.2. The van der Waals surface area contributed by atoms with Crippen LogP contribution in [0.15, 0.2) is 4.99 Å². The molecule has 0 atom stereocenters. The lowest BCUT2D eigenvalue weighted by Gasteiger charge is -2.19. The van der Waals surface area contributed by atoms with Gasteiger partial charge in [-0.25, -0.2) is 0 Å². The van der Waals surface area contributed by atoms with Gasteiger partial charge in [0.05, 0.1) is 6.54 Å². The predicted octanol–water partition coefficient (Wildman–Crippen LogP) is 2.99. The van der Waals surface area contributed by atoms with Crippen molar-refractivity contribution < 1.29 is 9.59 Å². The molecule has 1 aliphatic carbocycles. The first-order chi connectivity index (χ1) is 11.3. The molecule has 0 unspecified atom stereocenters. The second kappa shape index (κ2) is 10.7. The molecule has 0 aromatic rings. The normalized spacial score (nSPS) is 21.7. The zero-order valence-corrected chi connectivity index (χ0v) is 14.8. The molecule has 0 aromatic heterocycles. The van der Waals surface area contributed by atoms with Crippen LogP contribution in [0.2, 0.25) is 0 Å². The summed E-state index contributed by atoms with van der Waals surface area (Å²) in [5.74, 6) is -0.221. The van der Waals surface area contributed by atoms with Crippen molar-refractivity contribution in [3.05, 3.63) is 0 Å². The van der Waals surface area contributed by atoms with Gasteiger partial charge in [-0.3, -0.25) is 19.9 Å². The van der Waals surface area contributed by atoms with Crippen LogP contribution in [0, 0.1) is 0 Å². The predicted molar refractivity (Wildman–Crippen MR) is 95.6 cm³/mol. The molecule has 0 saturated heterocycles. The Bertz CT molecular complexity index is 414. The smallest absolute Gasteiger partial charge is 0.315 e. The van der Waals surface area contributed by atoms with Crippen LogP contribution in [0.1, 0.15) is 70.6 Å². The van der Waals surface area contributed by atoms with E-state index in [0.29, 0.717) is 11.7 Å². The Hall–Kier alpha value is -1.04. The molecule has 0 spiro atoms. The van der Waals surface area contributed by atoms with E-state index in [0.717, 1.165) is 31.4 Å². The van der Waals surface area contributed by atoms with Gasteiger partial charge in [-0.05, 0) is 12.8 Å². The maximum Gasteiger partial charge on any atom is 0.315 e. The van der Waals surface area contributed by atoms with Crippen molar-refractivity contribution in [2.75, 3.05) is 12.3 Å². The third-order valence-electron chi connectivity index (χ3n) is 4.45. The number of amides is 2. The molecule has 23 heavy (non-hydrogen) atoms. The van der Waals surface area contributed by atoms with Gasteiger partial charge in [0.15, 0.2) is 5.17 Å². The fourth-order valence-electron chi connectivity index (χ4n) is 3.12. The van der Waals surface area contributed by atoms with Crippen molar-refractivity contribution >= 4 is 28.7 Å². The van der Waals surface area contributed by atoms with Crippen molar-refractivity contribution in [3.63, 3.8) is 0 Å². The third kappa shape index (κ3) is 7.38. The number of rotatable bonds is 1.